The van der Waals surface area contributed by atoms with Gasteiger partial charge in [0, 0.05) is 4.91 Å². The monoisotopic (exact) mass is 201 g/mol. The average Bonchev–Trinajstić information content (AvgIpc) is 2.37. The Morgan fingerprint density at radius 3 is 2.85 bits per heavy atom. The number of hydrogen-bond acceptors (Lipinski definition) is 4. The number of aliphatic carboxylic acids is 1. The number of nitrogens with zero attached hydrogens (tertiary/aromatic N) is 1. The first-order valence-electron chi connectivity index (χ1n) is 3.71. The molecule has 0 saturated carbocycles. The van der Waals surface area contributed by atoms with Gasteiger partial charge in [-0.3, -0.25) is 9.69 Å². The molecule has 0 aromatic rings. The summed E-state index contributed by atoms with van der Waals surface area (Å²) in [5.41, 5.74) is -0.0475. The second-order valence-corrected chi connectivity index (χ2v) is 4.05. The lowest BCUT2D eigenvalue weighted by atomic mass is 10.1. The number of carbonyl (C=O) groups is 2. The van der Waals surface area contributed by atoms with E-state index in [2.05, 4.69) is 0 Å². The van der Waals surface area contributed by atoms with Crippen LogP contribution in [0.3, 0.4) is 0 Å². The van der Waals surface area contributed by atoms with Gasteiger partial charge >= 0.3 is 5.97 Å². The van der Waals surface area contributed by atoms with Crippen molar-refractivity contribution in [3.05, 3.63) is 10.6 Å². The zero-order valence-corrected chi connectivity index (χ0v) is 7.37. The number of aliphatic hydroxyl groups is 1. The van der Waals surface area contributed by atoms with Gasteiger partial charge in [-0.15, -0.1) is 0 Å². The van der Waals surface area contributed by atoms with Crippen LogP contribution in [0.1, 0.15) is 6.42 Å². The molecule has 0 aliphatic carbocycles. The molecule has 0 bridgehead atoms. The molecular weight excluding hydrogens is 194 g/mol. The van der Waals surface area contributed by atoms with Crippen LogP contribution in [0.4, 0.5) is 0 Å². The SMILES string of the molecule is O=C(O)C1=C(CO)S[C@@H]2CC(=O)N12. The van der Waals surface area contributed by atoms with Crippen LogP contribution in [-0.4, -0.2) is 39.0 Å². The molecule has 1 atom stereocenters. The summed E-state index contributed by atoms with van der Waals surface area (Å²) in [5, 5.41) is 17.5. The van der Waals surface area contributed by atoms with E-state index in [0.717, 1.165) is 0 Å². The highest BCUT2D eigenvalue weighted by Gasteiger charge is 2.47. The van der Waals surface area contributed by atoms with Crippen LogP contribution < -0.4 is 0 Å². The Labute approximate surface area is 78.0 Å². The van der Waals surface area contributed by atoms with Gasteiger partial charge < -0.3 is 10.2 Å². The zero-order chi connectivity index (χ0) is 9.59. The highest BCUT2D eigenvalue weighted by molar-refractivity contribution is 8.04. The van der Waals surface area contributed by atoms with Gasteiger partial charge in [0.25, 0.3) is 0 Å². The molecule has 2 aliphatic heterocycles. The fraction of sp³-hybridized carbons (Fsp3) is 0.429. The molecule has 1 saturated heterocycles. The van der Waals surface area contributed by atoms with Crippen molar-refractivity contribution in [3.63, 3.8) is 0 Å². The number of thioether (sulfide) groups is 1. The number of hydrogen-bond donors (Lipinski definition) is 2. The molecule has 2 heterocycles. The lowest BCUT2D eigenvalue weighted by molar-refractivity contribution is -0.145. The number of aliphatic hydroxyl groups excluding tert-OH is 1. The minimum absolute atomic E-state index is 0.0475. The second-order valence-electron chi connectivity index (χ2n) is 2.78. The fourth-order valence-electron chi connectivity index (χ4n) is 1.44. The number of carboxylic acid groups (broad SMARTS) is 1. The molecule has 0 spiro atoms. The van der Waals surface area contributed by atoms with Crippen LogP contribution in [0.2, 0.25) is 0 Å². The van der Waals surface area contributed by atoms with Crippen LogP contribution in [0, 0.1) is 0 Å². The minimum atomic E-state index is -1.15. The molecule has 2 aliphatic rings. The molecular formula is C7H7NO4S. The largest absolute Gasteiger partial charge is 0.477 e. The van der Waals surface area contributed by atoms with Gasteiger partial charge in [0.1, 0.15) is 5.70 Å². The van der Waals surface area contributed by atoms with Crippen LogP contribution >= 0.6 is 11.8 Å². The van der Waals surface area contributed by atoms with Gasteiger partial charge in [0.2, 0.25) is 5.91 Å². The third-order valence-electron chi connectivity index (χ3n) is 2.04. The molecule has 0 aromatic carbocycles. The summed E-state index contributed by atoms with van der Waals surface area (Å²) in [4.78, 5) is 23.4. The Bertz CT molecular complexity index is 324. The van der Waals surface area contributed by atoms with Crippen molar-refractivity contribution in [1.82, 2.24) is 4.90 Å². The molecule has 1 amide bonds. The first-order valence-corrected chi connectivity index (χ1v) is 4.59. The van der Waals surface area contributed by atoms with E-state index in [1.54, 1.807) is 0 Å². The lowest BCUT2D eigenvalue weighted by Crippen LogP contribution is -2.48. The number of carbonyl (C=O) groups excluding carboxylic acids is 1. The fourth-order valence-corrected chi connectivity index (χ4v) is 2.69. The minimum Gasteiger partial charge on any atom is -0.477 e. The molecule has 70 valence electrons. The normalized spacial score (nSPS) is 26.1. The van der Waals surface area contributed by atoms with E-state index in [1.807, 2.05) is 0 Å². The van der Waals surface area contributed by atoms with Crippen LogP contribution in [0.5, 0.6) is 0 Å². The third kappa shape index (κ3) is 1.06. The lowest BCUT2D eigenvalue weighted by Gasteiger charge is -2.33. The Hall–Kier alpha value is -1.01. The maximum Gasteiger partial charge on any atom is 0.353 e. The van der Waals surface area contributed by atoms with Crippen molar-refractivity contribution >= 4 is 23.6 Å². The second kappa shape index (κ2) is 2.74. The number of β-lactam (4-membered cyclic amide) rings is 1. The Kier molecular flexibility index (Phi) is 1.81. The first kappa shape index (κ1) is 8.58. The van der Waals surface area contributed by atoms with E-state index in [4.69, 9.17) is 10.2 Å². The predicted molar refractivity (Wildman–Crippen MR) is 44.6 cm³/mol. The van der Waals surface area contributed by atoms with Crippen LogP contribution in [0.25, 0.3) is 0 Å². The molecule has 2 rings (SSSR count). The summed E-state index contributed by atoms with van der Waals surface area (Å²) in [6.07, 6.45) is 0.366. The molecule has 1 fully saturated rings. The van der Waals surface area contributed by atoms with Gasteiger partial charge in [0.15, 0.2) is 0 Å². The molecule has 13 heavy (non-hydrogen) atoms. The standard InChI is InChI=1S/C7H7NO4S/c9-2-3-6(7(11)12)8-4(10)1-5(8)13-3/h5,9H,1-2H2,(H,11,12)/t5-/m1/s1. The van der Waals surface area contributed by atoms with E-state index in [-0.39, 0.29) is 23.6 Å². The number of carboxylic acids is 1. The smallest absolute Gasteiger partial charge is 0.353 e. The summed E-state index contributed by atoms with van der Waals surface area (Å²) in [6, 6.07) is 0. The van der Waals surface area contributed by atoms with Crippen LogP contribution in [0.15, 0.2) is 10.6 Å². The molecule has 0 aromatic heterocycles. The number of fused-ring (bicyclic) bond motifs is 1. The summed E-state index contributed by atoms with van der Waals surface area (Å²) in [7, 11) is 0. The summed E-state index contributed by atoms with van der Waals surface area (Å²) < 4.78 is 0. The number of amides is 1. The maximum absolute atomic E-state index is 11.0. The van der Waals surface area contributed by atoms with Gasteiger partial charge in [0.05, 0.1) is 18.4 Å². The van der Waals surface area contributed by atoms with Crippen molar-refractivity contribution in [2.75, 3.05) is 6.61 Å². The highest BCUT2D eigenvalue weighted by atomic mass is 32.2. The molecule has 2 N–H and O–H groups in total. The van der Waals surface area contributed by atoms with Crippen molar-refractivity contribution in [2.24, 2.45) is 0 Å². The van der Waals surface area contributed by atoms with Crippen molar-refractivity contribution in [1.29, 1.82) is 0 Å². The predicted octanol–water partition coefficient (Wildman–Crippen LogP) is -0.420. The van der Waals surface area contributed by atoms with E-state index in [9.17, 15) is 9.59 Å². The van der Waals surface area contributed by atoms with Crippen LogP contribution in [-0.2, 0) is 9.59 Å². The molecule has 5 nitrogen and oxygen atoms in total. The van der Waals surface area contributed by atoms with Gasteiger partial charge in [-0.1, -0.05) is 11.8 Å². The average molecular weight is 201 g/mol. The summed E-state index contributed by atoms with van der Waals surface area (Å²) in [6.45, 7) is -0.313. The quantitative estimate of drug-likeness (QED) is 0.593. The molecule has 0 unspecified atom stereocenters. The summed E-state index contributed by atoms with van der Waals surface area (Å²) in [5.74, 6) is -1.33. The van der Waals surface area contributed by atoms with E-state index < -0.39 is 5.97 Å². The Morgan fingerprint density at radius 2 is 2.38 bits per heavy atom. The van der Waals surface area contributed by atoms with Gasteiger partial charge in [-0.05, 0) is 0 Å². The van der Waals surface area contributed by atoms with E-state index in [1.165, 1.54) is 16.7 Å². The van der Waals surface area contributed by atoms with Crippen molar-refractivity contribution < 1.29 is 19.8 Å². The molecule has 0 radical (unpaired) electrons. The third-order valence-corrected chi connectivity index (χ3v) is 3.29. The highest BCUT2D eigenvalue weighted by Crippen LogP contribution is 2.45. The Balaban J connectivity index is 2.34. The zero-order valence-electron chi connectivity index (χ0n) is 6.56. The maximum atomic E-state index is 11.0. The topological polar surface area (TPSA) is 77.8 Å². The Morgan fingerprint density at radius 1 is 1.69 bits per heavy atom. The summed E-state index contributed by atoms with van der Waals surface area (Å²) >= 11 is 1.25. The van der Waals surface area contributed by atoms with Gasteiger partial charge in [-0.2, -0.15) is 0 Å². The van der Waals surface area contributed by atoms with Crippen molar-refractivity contribution in [2.45, 2.75) is 11.8 Å². The first-order chi connectivity index (χ1) is 6.15. The number of rotatable bonds is 2. The van der Waals surface area contributed by atoms with Crippen molar-refractivity contribution in [3.8, 4) is 0 Å². The molecule has 6 heteroatoms. The van der Waals surface area contributed by atoms with Gasteiger partial charge in [-0.25, -0.2) is 4.79 Å². The van der Waals surface area contributed by atoms with E-state index in [0.29, 0.717) is 11.3 Å². The van der Waals surface area contributed by atoms with E-state index >= 15 is 0 Å².